The second kappa shape index (κ2) is 7.04. The predicted molar refractivity (Wildman–Crippen MR) is 105 cm³/mol. The first-order chi connectivity index (χ1) is 13.0. The summed E-state index contributed by atoms with van der Waals surface area (Å²) in [6, 6.07) is 12.3. The van der Waals surface area contributed by atoms with Crippen LogP contribution in [0.4, 0.5) is 15.8 Å². The van der Waals surface area contributed by atoms with E-state index in [2.05, 4.69) is 15.2 Å². The number of carbonyl (C=O) groups is 1. The molecule has 1 fully saturated rings. The number of hydrogen-bond donors (Lipinski definition) is 3. The Labute approximate surface area is 156 Å². The molecule has 0 atom stereocenters. The number of aliphatic hydroxyl groups is 1. The minimum Gasteiger partial charge on any atom is -0.393 e. The average molecular weight is 367 g/mol. The number of fused-ring (bicyclic) bond motifs is 1. The summed E-state index contributed by atoms with van der Waals surface area (Å²) in [5, 5.41) is 13.0. The summed E-state index contributed by atoms with van der Waals surface area (Å²) in [7, 11) is 0. The van der Waals surface area contributed by atoms with Gasteiger partial charge in [0.25, 0.3) is 5.91 Å². The number of amides is 1. The predicted octanol–water partition coefficient (Wildman–Crippen LogP) is 3.83. The van der Waals surface area contributed by atoms with Crippen molar-refractivity contribution in [2.75, 3.05) is 23.3 Å². The Morgan fingerprint density at radius 3 is 2.74 bits per heavy atom. The molecule has 6 heteroatoms. The van der Waals surface area contributed by atoms with E-state index in [4.69, 9.17) is 0 Å². The third-order valence-electron chi connectivity index (χ3n) is 5.13. The molecule has 0 radical (unpaired) electrons. The van der Waals surface area contributed by atoms with Crippen LogP contribution in [-0.2, 0) is 0 Å². The number of hydrogen-bond acceptors (Lipinski definition) is 3. The van der Waals surface area contributed by atoms with E-state index in [0.717, 1.165) is 37.2 Å². The van der Waals surface area contributed by atoms with Crippen molar-refractivity contribution < 1.29 is 14.3 Å². The standard InChI is InChI=1S/C21H22FN3O2/c1-13-5-6-18(22)17-12-19(24-20(13)17)21(27)23-14-3-2-4-15(11-14)25-9-7-16(26)8-10-25/h2-6,11-12,16,24,26H,7-10H2,1H3,(H,23,27). The maximum atomic E-state index is 14.0. The first kappa shape index (κ1) is 17.5. The van der Waals surface area contributed by atoms with Gasteiger partial charge in [0, 0.05) is 29.9 Å². The lowest BCUT2D eigenvalue weighted by Gasteiger charge is -2.31. The first-order valence-electron chi connectivity index (χ1n) is 9.13. The summed E-state index contributed by atoms with van der Waals surface area (Å²) >= 11 is 0. The number of nitrogens with one attached hydrogen (secondary N) is 2. The molecule has 2 heterocycles. The van der Waals surface area contributed by atoms with Crippen LogP contribution in [0, 0.1) is 12.7 Å². The van der Waals surface area contributed by atoms with Crippen molar-refractivity contribution in [3.63, 3.8) is 0 Å². The monoisotopic (exact) mass is 367 g/mol. The molecule has 140 valence electrons. The molecule has 0 bridgehead atoms. The molecule has 0 saturated carbocycles. The zero-order valence-corrected chi connectivity index (χ0v) is 15.1. The van der Waals surface area contributed by atoms with Crippen molar-refractivity contribution >= 4 is 28.2 Å². The number of aryl methyl sites for hydroxylation is 1. The summed E-state index contributed by atoms with van der Waals surface area (Å²) < 4.78 is 14.0. The fourth-order valence-electron chi connectivity index (χ4n) is 3.55. The van der Waals surface area contributed by atoms with Gasteiger partial charge in [0.1, 0.15) is 11.5 Å². The molecule has 1 amide bonds. The van der Waals surface area contributed by atoms with Crippen LogP contribution in [0.15, 0.2) is 42.5 Å². The van der Waals surface area contributed by atoms with E-state index in [1.807, 2.05) is 31.2 Å². The lowest BCUT2D eigenvalue weighted by molar-refractivity contribution is 0.102. The van der Waals surface area contributed by atoms with Crippen LogP contribution < -0.4 is 10.2 Å². The zero-order valence-electron chi connectivity index (χ0n) is 15.1. The molecule has 4 rings (SSSR count). The Morgan fingerprint density at radius 2 is 2.00 bits per heavy atom. The molecular formula is C21H22FN3O2. The molecule has 3 N–H and O–H groups in total. The topological polar surface area (TPSA) is 68.4 Å². The van der Waals surface area contributed by atoms with E-state index in [0.29, 0.717) is 22.3 Å². The molecule has 5 nitrogen and oxygen atoms in total. The van der Waals surface area contributed by atoms with Gasteiger partial charge < -0.3 is 20.3 Å². The molecule has 1 aliphatic heterocycles. The normalized spacial score (nSPS) is 15.3. The van der Waals surface area contributed by atoms with E-state index >= 15 is 0 Å². The highest BCUT2D eigenvalue weighted by atomic mass is 19.1. The lowest BCUT2D eigenvalue weighted by Crippen LogP contribution is -2.35. The number of carbonyl (C=O) groups excluding carboxylic acids is 1. The van der Waals surface area contributed by atoms with E-state index in [-0.39, 0.29) is 17.8 Å². The molecule has 1 saturated heterocycles. The highest BCUT2D eigenvalue weighted by Gasteiger charge is 2.18. The fraction of sp³-hybridized carbons (Fsp3) is 0.286. The van der Waals surface area contributed by atoms with Gasteiger partial charge in [-0.1, -0.05) is 12.1 Å². The summed E-state index contributed by atoms with van der Waals surface area (Å²) in [5.74, 6) is -0.656. The molecule has 0 unspecified atom stereocenters. The maximum absolute atomic E-state index is 14.0. The van der Waals surface area contributed by atoms with Crippen LogP contribution in [0.5, 0.6) is 0 Å². The van der Waals surface area contributed by atoms with Crippen LogP contribution in [0.3, 0.4) is 0 Å². The Hall–Kier alpha value is -2.86. The number of nitrogens with zero attached hydrogens (tertiary/aromatic N) is 1. The van der Waals surface area contributed by atoms with Crippen LogP contribution in [0.1, 0.15) is 28.9 Å². The second-order valence-corrected chi connectivity index (χ2v) is 7.06. The molecule has 0 aliphatic carbocycles. The quantitative estimate of drug-likeness (QED) is 0.659. The van der Waals surface area contributed by atoms with Crippen molar-refractivity contribution in [3.8, 4) is 0 Å². The molecule has 3 aromatic rings. The maximum Gasteiger partial charge on any atom is 0.272 e. The smallest absolute Gasteiger partial charge is 0.272 e. The van der Waals surface area contributed by atoms with Gasteiger partial charge in [-0.2, -0.15) is 0 Å². The lowest BCUT2D eigenvalue weighted by atomic mass is 10.1. The van der Waals surface area contributed by atoms with Gasteiger partial charge in [-0.25, -0.2) is 4.39 Å². The van der Waals surface area contributed by atoms with Gasteiger partial charge >= 0.3 is 0 Å². The highest BCUT2D eigenvalue weighted by molar-refractivity contribution is 6.06. The third-order valence-corrected chi connectivity index (χ3v) is 5.13. The molecule has 1 aliphatic rings. The minimum absolute atomic E-state index is 0.227. The number of piperidine rings is 1. The van der Waals surface area contributed by atoms with E-state index in [9.17, 15) is 14.3 Å². The number of aromatic nitrogens is 1. The molecule has 2 aromatic carbocycles. The average Bonchev–Trinajstić information content (AvgIpc) is 3.13. The van der Waals surface area contributed by atoms with Crippen LogP contribution in [-0.4, -0.2) is 35.2 Å². The van der Waals surface area contributed by atoms with Crippen molar-refractivity contribution in [3.05, 3.63) is 59.5 Å². The molecule has 27 heavy (non-hydrogen) atoms. The van der Waals surface area contributed by atoms with Crippen LogP contribution >= 0.6 is 0 Å². The third kappa shape index (κ3) is 3.53. The van der Waals surface area contributed by atoms with E-state index < -0.39 is 0 Å². The number of H-pyrrole nitrogens is 1. The largest absolute Gasteiger partial charge is 0.393 e. The Balaban J connectivity index is 1.54. The first-order valence-corrected chi connectivity index (χ1v) is 9.13. The second-order valence-electron chi connectivity index (χ2n) is 7.06. The van der Waals surface area contributed by atoms with Crippen molar-refractivity contribution in [2.45, 2.75) is 25.9 Å². The van der Waals surface area contributed by atoms with E-state index in [1.54, 1.807) is 12.1 Å². The van der Waals surface area contributed by atoms with Crippen molar-refractivity contribution in [1.82, 2.24) is 4.98 Å². The van der Waals surface area contributed by atoms with Crippen LogP contribution in [0.2, 0.25) is 0 Å². The number of rotatable bonds is 3. The van der Waals surface area contributed by atoms with E-state index in [1.165, 1.54) is 6.07 Å². The number of halogens is 1. The minimum atomic E-state index is -0.347. The fourth-order valence-corrected chi connectivity index (χ4v) is 3.55. The Kier molecular flexibility index (Phi) is 4.58. The van der Waals surface area contributed by atoms with Crippen molar-refractivity contribution in [2.24, 2.45) is 0 Å². The highest BCUT2D eigenvalue weighted by Crippen LogP contribution is 2.25. The van der Waals surface area contributed by atoms with Gasteiger partial charge in [-0.3, -0.25) is 4.79 Å². The number of benzene rings is 2. The van der Waals surface area contributed by atoms with Crippen molar-refractivity contribution in [1.29, 1.82) is 0 Å². The van der Waals surface area contributed by atoms with Gasteiger partial charge in [-0.15, -0.1) is 0 Å². The SMILES string of the molecule is Cc1ccc(F)c2cc(C(=O)Nc3cccc(N4CCC(O)CC4)c3)[nH]c12. The summed E-state index contributed by atoms with van der Waals surface area (Å²) in [4.78, 5) is 17.8. The Morgan fingerprint density at radius 1 is 1.22 bits per heavy atom. The summed E-state index contributed by atoms with van der Waals surface area (Å²) in [6.07, 6.45) is 1.27. The van der Waals surface area contributed by atoms with Gasteiger partial charge in [0.05, 0.1) is 11.6 Å². The van der Waals surface area contributed by atoms with Gasteiger partial charge in [0.15, 0.2) is 0 Å². The number of aliphatic hydroxyl groups excluding tert-OH is 1. The number of anilines is 2. The molecule has 0 spiro atoms. The summed E-state index contributed by atoms with van der Waals surface area (Å²) in [5.41, 5.74) is 3.54. The van der Waals surface area contributed by atoms with Crippen LogP contribution in [0.25, 0.3) is 10.9 Å². The van der Waals surface area contributed by atoms with Gasteiger partial charge in [-0.05, 0) is 55.7 Å². The molecular weight excluding hydrogens is 345 g/mol. The molecule has 1 aromatic heterocycles. The Bertz CT molecular complexity index is 951. The number of aromatic amines is 1. The summed E-state index contributed by atoms with van der Waals surface area (Å²) in [6.45, 7) is 3.46. The van der Waals surface area contributed by atoms with Gasteiger partial charge in [0.2, 0.25) is 0 Å². The zero-order chi connectivity index (χ0) is 19.0.